The van der Waals surface area contributed by atoms with E-state index in [1.54, 1.807) is 13.8 Å². The number of aliphatic hydroxyl groups is 2. The molecule has 0 spiro atoms. The number of esters is 1. The molecule has 0 bridgehead atoms. The van der Waals surface area contributed by atoms with Gasteiger partial charge in [0.15, 0.2) is 0 Å². The molecule has 0 saturated heterocycles. The van der Waals surface area contributed by atoms with E-state index in [0.29, 0.717) is 13.2 Å². The average Bonchev–Trinajstić information content (AvgIpc) is 2.20. The van der Waals surface area contributed by atoms with Crippen LogP contribution in [0.2, 0.25) is 0 Å². The van der Waals surface area contributed by atoms with Crippen molar-refractivity contribution < 1.29 is 19.7 Å². The van der Waals surface area contributed by atoms with Crippen LogP contribution in [0.3, 0.4) is 0 Å². The molecule has 4 heteroatoms. The molecule has 0 aliphatic rings. The van der Waals surface area contributed by atoms with Gasteiger partial charge in [-0.3, -0.25) is 4.79 Å². The van der Waals surface area contributed by atoms with Gasteiger partial charge in [0.25, 0.3) is 0 Å². The lowest BCUT2D eigenvalue weighted by molar-refractivity contribution is -0.140. The molecular weight excluding hydrogens is 208 g/mol. The summed E-state index contributed by atoms with van der Waals surface area (Å²) in [7, 11) is 0. The molecule has 0 aromatic heterocycles. The summed E-state index contributed by atoms with van der Waals surface area (Å²) in [4.78, 5) is 9.82. The van der Waals surface area contributed by atoms with Crippen LogP contribution in [-0.4, -0.2) is 35.5 Å². The standard InChI is InChI=1S/C4H8O2.2C4H10O/c1-3-6-4(2)5;1-3-4(2)5;1-2-3-4-5/h3H2,1-2H3;4-5H,3H2,1-2H3;5H,2-4H2,1H3. The van der Waals surface area contributed by atoms with E-state index >= 15 is 0 Å². The number of hydrogen-bond donors (Lipinski definition) is 2. The third kappa shape index (κ3) is 50.3. The number of hydrogen-bond acceptors (Lipinski definition) is 4. The number of carbonyl (C=O) groups is 1. The highest BCUT2D eigenvalue weighted by molar-refractivity contribution is 5.65. The quantitative estimate of drug-likeness (QED) is 0.734. The van der Waals surface area contributed by atoms with Gasteiger partial charge in [-0.25, -0.2) is 0 Å². The maximum Gasteiger partial charge on any atom is 0.302 e. The largest absolute Gasteiger partial charge is 0.466 e. The van der Waals surface area contributed by atoms with Crippen LogP contribution in [0.25, 0.3) is 0 Å². The van der Waals surface area contributed by atoms with Gasteiger partial charge in [-0.15, -0.1) is 0 Å². The molecule has 2 N–H and O–H groups in total. The van der Waals surface area contributed by atoms with E-state index < -0.39 is 0 Å². The van der Waals surface area contributed by atoms with Gasteiger partial charge in [-0.1, -0.05) is 20.3 Å². The van der Waals surface area contributed by atoms with Gasteiger partial charge in [0.2, 0.25) is 0 Å². The van der Waals surface area contributed by atoms with Crippen molar-refractivity contribution in [2.75, 3.05) is 13.2 Å². The van der Waals surface area contributed by atoms with Crippen molar-refractivity contribution in [1.82, 2.24) is 0 Å². The third-order valence-corrected chi connectivity index (χ3v) is 1.45. The molecule has 100 valence electrons. The fourth-order valence-electron chi connectivity index (χ4n) is 0.361. The lowest BCUT2D eigenvalue weighted by Crippen LogP contribution is -1.95. The molecule has 1 unspecified atom stereocenters. The molecule has 0 aliphatic heterocycles. The number of aliphatic hydroxyl groups excluding tert-OH is 2. The van der Waals surface area contributed by atoms with E-state index in [1.165, 1.54) is 6.92 Å². The Balaban J connectivity index is -0.000000160. The van der Waals surface area contributed by atoms with Crippen molar-refractivity contribution in [2.24, 2.45) is 0 Å². The van der Waals surface area contributed by atoms with Crippen LogP contribution in [0.15, 0.2) is 0 Å². The fourth-order valence-corrected chi connectivity index (χ4v) is 0.361. The van der Waals surface area contributed by atoms with E-state index in [1.807, 2.05) is 6.92 Å². The Hall–Kier alpha value is -0.610. The van der Waals surface area contributed by atoms with E-state index in [-0.39, 0.29) is 12.1 Å². The smallest absolute Gasteiger partial charge is 0.302 e. The zero-order valence-electron chi connectivity index (χ0n) is 11.3. The second kappa shape index (κ2) is 19.9. The Morgan fingerprint density at radius 2 is 1.75 bits per heavy atom. The van der Waals surface area contributed by atoms with Gasteiger partial charge < -0.3 is 14.9 Å². The Morgan fingerprint density at radius 1 is 1.31 bits per heavy atom. The first-order valence-corrected chi connectivity index (χ1v) is 5.88. The van der Waals surface area contributed by atoms with Crippen LogP contribution in [0, 0.1) is 0 Å². The predicted octanol–water partition coefficient (Wildman–Crippen LogP) is 2.13. The lowest BCUT2D eigenvalue weighted by atomic mass is 10.3. The molecule has 16 heavy (non-hydrogen) atoms. The van der Waals surface area contributed by atoms with Crippen molar-refractivity contribution in [3.05, 3.63) is 0 Å². The summed E-state index contributed by atoms with van der Waals surface area (Å²) in [6.45, 7) is 9.78. The Bertz CT molecular complexity index is 122. The number of rotatable bonds is 4. The van der Waals surface area contributed by atoms with Gasteiger partial charge in [0.1, 0.15) is 0 Å². The summed E-state index contributed by atoms with van der Waals surface area (Å²) >= 11 is 0. The minimum absolute atomic E-state index is 0.116. The van der Waals surface area contributed by atoms with Gasteiger partial charge in [0, 0.05) is 13.5 Å². The van der Waals surface area contributed by atoms with Crippen molar-refractivity contribution >= 4 is 5.97 Å². The van der Waals surface area contributed by atoms with Crippen molar-refractivity contribution in [1.29, 1.82) is 0 Å². The summed E-state index contributed by atoms with van der Waals surface area (Å²) in [5.41, 5.74) is 0. The summed E-state index contributed by atoms with van der Waals surface area (Å²) in [5.74, 6) is -0.211. The van der Waals surface area contributed by atoms with E-state index in [4.69, 9.17) is 10.2 Å². The molecule has 0 fully saturated rings. The Morgan fingerprint density at radius 3 is 1.75 bits per heavy atom. The third-order valence-electron chi connectivity index (χ3n) is 1.45. The minimum atomic E-state index is -0.211. The number of ether oxygens (including phenoxy) is 1. The molecule has 0 saturated carbocycles. The second-order valence-electron chi connectivity index (χ2n) is 3.26. The maximum absolute atomic E-state index is 9.82. The summed E-state index contributed by atoms with van der Waals surface area (Å²) in [5, 5.41) is 16.4. The van der Waals surface area contributed by atoms with Crippen LogP contribution in [0.1, 0.15) is 53.9 Å². The topological polar surface area (TPSA) is 66.8 Å². The highest BCUT2D eigenvalue weighted by Gasteiger charge is 1.82. The zero-order valence-corrected chi connectivity index (χ0v) is 11.3. The fraction of sp³-hybridized carbons (Fsp3) is 0.917. The Kier molecular flexibility index (Phi) is 25.8. The van der Waals surface area contributed by atoms with Crippen LogP contribution >= 0.6 is 0 Å². The second-order valence-corrected chi connectivity index (χ2v) is 3.26. The molecule has 0 amide bonds. The normalized spacial score (nSPS) is 10.2. The van der Waals surface area contributed by atoms with Gasteiger partial charge in [0.05, 0.1) is 12.7 Å². The van der Waals surface area contributed by atoms with E-state index in [2.05, 4.69) is 11.7 Å². The molecule has 0 aromatic carbocycles. The summed E-state index contributed by atoms with van der Waals surface area (Å²) < 4.78 is 4.40. The van der Waals surface area contributed by atoms with E-state index in [9.17, 15) is 4.79 Å². The van der Waals surface area contributed by atoms with Gasteiger partial charge >= 0.3 is 5.97 Å². The highest BCUT2D eigenvalue weighted by atomic mass is 16.5. The summed E-state index contributed by atoms with van der Waals surface area (Å²) in [6.07, 6.45) is 2.78. The minimum Gasteiger partial charge on any atom is -0.466 e. The first-order valence-electron chi connectivity index (χ1n) is 5.88. The number of unbranched alkanes of at least 4 members (excludes halogenated alkanes) is 1. The molecule has 1 atom stereocenters. The molecule has 0 heterocycles. The van der Waals surface area contributed by atoms with Crippen molar-refractivity contribution in [2.45, 2.75) is 60.0 Å². The van der Waals surface area contributed by atoms with Crippen molar-refractivity contribution in [3.63, 3.8) is 0 Å². The Labute approximate surface area is 99.6 Å². The van der Waals surface area contributed by atoms with Crippen LogP contribution in [0.4, 0.5) is 0 Å². The SMILES string of the molecule is CCC(C)O.CCCCO.CCOC(C)=O. The van der Waals surface area contributed by atoms with Crippen LogP contribution < -0.4 is 0 Å². The molecule has 0 aliphatic carbocycles. The predicted molar refractivity (Wildman–Crippen MR) is 66.3 cm³/mol. The first-order chi connectivity index (χ1) is 7.45. The summed E-state index contributed by atoms with van der Waals surface area (Å²) in [6, 6.07) is 0. The van der Waals surface area contributed by atoms with Crippen LogP contribution in [0.5, 0.6) is 0 Å². The zero-order chi connectivity index (χ0) is 13.4. The maximum atomic E-state index is 9.82. The highest BCUT2D eigenvalue weighted by Crippen LogP contribution is 1.81. The monoisotopic (exact) mass is 236 g/mol. The van der Waals surface area contributed by atoms with Gasteiger partial charge in [-0.05, 0) is 26.7 Å². The number of carbonyl (C=O) groups excluding carboxylic acids is 1. The molecule has 0 rings (SSSR count). The van der Waals surface area contributed by atoms with Crippen LogP contribution in [-0.2, 0) is 9.53 Å². The molecule has 0 aromatic rings. The lowest BCUT2D eigenvalue weighted by Gasteiger charge is -1.90. The average molecular weight is 236 g/mol. The first kappa shape index (κ1) is 20.8. The molecule has 4 nitrogen and oxygen atoms in total. The van der Waals surface area contributed by atoms with E-state index in [0.717, 1.165) is 19.3 Å². The van der Waals surface area contributed by atoms with Crippen molar-refractivity contribution in [3.8, 4) is 0 Å². The van der Waals surface area contributed by atoms with Gasteiger partial charge in [-0.2, -0.15) is 0 Å². The molecular formula is C12H28O4. The molecule has 0 radical (unpaired) electrons.